The minimum Gasteiger partial charge on any atom is -0.338 e. The van der Waals surface area contributed by atoms with Crippen LogP contribution < -0.4 is 16.0 Å². The van der Waals surface area contributed by atoms with Crippen LogP contribution in [0.3, 0.4) is 0 Å². The number of amides is 2. The number of unbranched alkanes of at least 4 members (excludes halogenated alkanes) is 1. The van der Waals surface area contributed by atoms with Crippen LogP contribution in [0, 0.1) is 0 Å². The normalized spacial score (nSPS) is 19.5. The molecular weight excluding hydrogens is 322 g/mol. The van der Waals surface area contributed by atoms with Crippen molar-refractivity contribution in [3.63, 3.8) is 0 Å². The van der Waals surface area contributed by atoms with Gasteiger partial charge < -0.3 is 16.0 Å². The maximum absolute atomic E-state index is 12.0. The van der Waals surface area contributed by atoms with Crippen molar-refractivity contribution in [3.8, 4) is 0 Å². The van der Waals surface area contributed by atoms with Crippen molar-refractivity contribution in [2.24, 2.45) is 0 Å². The average molecular weight is 351 g/mol. The van der Waals surface area contributed by atoms with Crippen molar-refractivity contribution in [2.75, 3.05) is 13.1 Å². The van der Waals surface area contributed by atoms with Crippen LogP contribution in [-0.2, 0) is 0 Å². The third-order valence-electron chi connectivity index (χ3n) is 5.04. The molecule has 0 saturated carbocycles. The second-order valence-corrected chi connectivity index (χ2v) is 7.00. The number of benzene rings is 2. The van der Waals surface area contributed by atoms with Gasteiger partial charge in [0.2, 0.25) is 0 Å². The highest BCUT2D eigenvalue weighted by Gasteiger charge is 2.32. The average Bonchev–Trinajstić information content (AvgIpc) is 3.12. The lowest BCUT2D eigenvalue weighted by Crippen LogP contribution is -2.43. The van der Waals surface area contributed by atoms with E-state index < -0.39 is 0 Å². The SMILES string of the molecule is CCCCNC(=O)N[C@H]1CN[C@H](C(c2ccccc2)c2ccccc2)C1. The van der Waals surface area contributed by atoms with Gasteiger partial charge in [0.05, 0.1) is 0 Å². The summed E-state index contributed by atoms with van der Waals surface area (Å²) in [6, 6.07) is 21.7. The highest BCUT2D eigenvalue weighted by molar-refractivity contribution is 5.74. The first-order valence-electron chi connectivity index (χ1n) is 9.65. The zero-order valence-electron chi connectivity index (χ0n) is 15.4. The predicted molar refractivity (Wildman–Crippen MR) is 106 cm³/mol. The Kier molecular flexibility index (Phi) is 6.67. The van der Waals surface area contributed by atoms with Crippen LogP contribution >= 0.6 is 0 Å². The molecule has 4 heteroatoms. The Bertz CT molecular complexity index is 635. The Balaban J connectivity index is 1.66. The van der Waals surface area contributed by atoms with E-state index in [0.717, 1.165) is 32.4 Å². The van der Waals surface area contributed by atoms with Gasteiger partial charge in [-0.25, -0.2) is 4.79 Å². The molecule has 2 aromatic carbocycles. The Hall–Kier alpha value is -2.33. The van der Waals surface area contributed by atoms with Gasteiger partial charge >= 0.3 is 6.03 Å². The maximum atomic E-state index is 12.0. The molecule has 0 aromatic heterocycles. The summed E-state index contributed by atoms with van der Waals surface area (Å²) in [7, 11) is 0. The summed E-state index contributed by atoms with van der Waals surface area (Å²) < 4.78 is 0. The van der Waals surface area contributed by atoms with E-state index in [0.29, 0.717) is 6.04 Å². The predicted octanol–water partition coefficient (Wildman–Crippen LogP) is 3.65. The lowest BCUT2D eigenvalue weighted by atomic mass is 9.84. The topological polar surface area (TPSA) is 53.2 Å². The Labute approximate surface area is 156 Å². The number of nitrogens with one attached hydrogen (secondary N) is 3. The summed E-state index contributed by atoms with van der Waals surface area (Å²) >= 11 is 0. The van der Waals surface area contributed by atoms with Crippen molar-refractivity contribution in [3.05, 3.63) is 71.8 Å². The Morgan fingerprint density at radius 2 is 1.69 bits per heavy atom. The molecule has 2 amide bonds. The highest BCUT2D eigenvalue weighted by atomic mass is 16.2. The van der Waals surface area contributed by atoms with E-state index in [2.05, 4.69) is 83.5 Å². The fourth-order valence-electron chi connectivity index (χ4n) is 3.72. The molecule has 0 aliphatic carbocycles. The number of carbonyl (C=O) groups is 1. The van der Waals surface area contributed by atoms with Gasteiger partial charge in [-0.15, -0.1) is 0 Å². The fourth-order valence-corrected chi connectivity index (χ4v) is 3.72. The quantitative estimate of drug-likeness (QED) is 0.667. The van der Waals surface area contributed by atoms with Gasteiger partial charge in [0.25, 0.3) is 0 Å². The molecule has 0 radical (unpaired) electrons. The van der Waals surface area contributed by atoms with Gasteiger partial charge in [-0.3, -0.25) is 0 Å². The van der Waals surface area contributed by atoms with Crippen LogP contribution in [0.25, 0.3) is 0 Å². The summed E-state index contributed by atoms with van der Waals surface area (Å²) in [6.07, 6.45) is 3.03. The van der Waals surface area contributed by atoms with Crippen LogP contribution in [0.15, 0.2) is 60.7 Å². The molecule has 4 nitrogen and oxygen atoms in total. The van der Waals surface area contributed by atoms with Gasteiger partial charge in [-0.05, 0) is 24.0 Å². The molecule has 0 unspecified atom stereocenters. The van der Waals surface area contributed by atoms with Crippen molar-refractivity contribution >= 4 is 6.03 Å². The lowest BCUT2D eigenvalue weighted by molar-refractivity contribution is 0.237. The van der Waals surface area contributed by atoms with Crippen molar-refractivity contribution in [1.29, 1.82) is 0 Å². The standard InChI is InChI=1S/C22H29N3O/c1-2-3-14-23-22(26)25-19-15-20(24-16-19)21(17-10-6-4-7-11-17)18-12-8-5-9-13-18/h4-13,19-21,24H,2-3,14-16H2,1H3,(H2,23,25,26)/t19-,20+/m1/s1. The first-order chi connectivity index (χ1) is 12.8. The molecule has 26 heavy (non-hydrogen) atoms. The molecular formula is C22H29N3O. The monoisotopic (exact) mass is 351 g/mol. The van der Waals surface area contributed by atoms with Crippen molar-refractivity contribution < 1.29 is 4.79 Å². The second kappa shape index (κ2) is 9.39. The number of rotatable bonds is 7. The van der Waals surface area contributed by atoms with Gasteiger partial charge in [0.1, 0.15) is 0 Å². The first kappa shape index (κ1) is 18.5. The van der Waals surface area contributed by atoms with Gasteiger partial charge in [0.15, 0.2) is 0 Å². The lowest BCUT2D eigenvalue weighted by Gasteiger charge is -2.25. The molecule has 1 fully saturated rings. The second-order valence-electron chi connectivity index (χ2n) is 7.00. The summed E-state index contributed by atoms with van der Waals surface area (Å²) in [5.74, 6) is 0.285. The molecule has 3 rings (SSSR count). The van der Waals surface area contributed by atoms with Gasteiger partial charge in [-0.2, -0.15) is 0 Å². The molecule has 0 bridgehead atoms. The Morgan fingerprint density at radius 1 is 1.08 bits per heavy atom. The number of hydrogen-bond donors (Lipinski definition) is 3. The molecule has 1 heterocycles. The molecule has 1 saturated heterocycles. The summed E-state index contributed by atoms with van der Waals surface area (Å²) in [5.41, 5.74) is 2.62. The van der Waals surface area contributed by atoms with E-state index in [1.54, 1.807) is 0 Å². The molecule has 3 N–H and O–H groups in total. The third-order valence-corrected chi connectivity index (χ3v) is 5.04. The fraction of sp³-hybridized carbons (Fsp3) is 0.409. The van der Waals surface area contributed by atoms with Crippen LogP contribution in [0.4, 0.5) is 4.79 Å². The summed E-state index contributed by atoms with van der Waals surface area (Å²) in [6.45, 7) is 3.67. The van der Waals surface area contributed by atoms with Gasteiger partial charge in [-0.1, -0.05) is 74.0 Å². The molecule has 0 spiro atoms. The van der Waals surface area contributed by atoms with Crippen LogP contribution in [-0.4, -0.2) is 31.2 Å². The van der Waals surface area contributed by atoms with Crippen LogP contribution in [0.2, 0.25) is 0 Å². The Morgan fingerprint density at radius 3 is 2.27 bits per heavy atom. The minimum absolute atomic E-state index is 0.0538. The van der Waals surface area contributed by atoms with Crippen LogP contribution in [0.5, 0.6) is 0 Å². The van der Waals surface area contributed by atoms with Crippen LogP contribution in [0.1, 0.15) is 43.2 Å². The number of hydrogen-bond acceptors (Lipinski definition) is 2. The zero-order chi connectivity index (χ0) is 18.2. The van der Waals surface area contributed by atoms with E-state index >= 15 is 0 Å². The summed E-state index contributed by atoms with van der Waals surface area (Å²) in [5, 5.41) is 9.69. The summed E-state index contributed by atoms with van der Waals surface area (Å²) in [4.78, 5) is 12.0. The van der Waals surface area contributed by atoms with Gasteiger partial charge in [0, 0.05) is 31.1 Å². The molecule has 1 aliphatic heterocycles. The molecule has 1 aliphatic rings. The number of carbonyl (C=O) groups excluding carboxylic acids is 1. The molecule has 2 aromatic rings. The van der Waals surface area contributed by atoms with E-state index in [-0.39, 0.29) is 18.0 Å². The highest BCUT2D eigenvalue weighted by Crippen LogP contribution is 2.32. The van der Waals surface area contributed by atoms with Crippen molar-refractivity contribution in [2.45, 2.75) is 44.2 Å². The molecule has 138 valence electrons. The largest absolute Gasteiger partial charge is 0.338 e. The third kappa shape index (κ3) is 4.85. The zero-order valence-corrected chi connectivity index (χ0v) is 15.4. The maximum Gasteiger partial charge on any atom is 0.315 e. The molecule has 2 atom stereocenters. The van der Waals surface area contributed by atoms with Crippen molar-refractivity contribution in [1.82, 2.24) is 16.0 Å². The smallest absolute Gasteiger partial charge is 0.315 e. The van der Waals surface area contributed by atoms with E-state index in [1.807, 2.05) is 0 Å². The first-order valence-corrected chi connectivity index (χ1v) is 9.65. The van der Waals surface area contributed by atoms with E-state index in [1.165, 1.54) is 11.1 Å². The van der Waals surface area contributed by atoms with E-state index in [4.69, 9.17) is 0 Å². The minimum atomic E-state index is -0.0538. The number of urea groups is 1. The van der Waals surface area contributed by atoms with E-state index in [9.17, 15) is 4.79 Å².